The van der Waals surface area contributed by atoms with Gasteiger partial charge in [0.05, 0.1) is 0 Å². The smallest absolute Gasteiger partial charge is 0.156 e. The largest absolute Gasteiger partial charge is 0.386 e. The van der Waals surface area contributed by atoms with Crippen LogP contribution >= 0.6 is 0 Å². The number of hydrogen-bond donors (Lipinski definition) is 1. The van der Waals surface area contributed by atoms with Crippen molar-refractivity contribution in [3.8, 4) is 0 Å². The van der Waals surface area contributed by atoms with Crippen LogP contribution in [0.15, 0.2) is 53.6 Å². The highest BCUT2D eigenvalue weighted by Crippen LogP contribution is 2.66. The Labute approximate surface area is 192 Å². The maximum Gasteiger partial charge on any atom is 0.156 e. The van der Waals surface area contributed by atoms with Crippen molar-refractivity contribution in [2.45, 2.75) is 76.9 Å². The molecular weight excluding hydrogens is 396 g/mol. The normalized spacial score (nSPS) is 35.0. The molecule has 3 heteroatoms. The van der Waals surface area contributed by atoms with Crippen molar-refractivity contribution in [1.82, 2.24) is 0 Å². The van der Waals surface area contributed by atoms with Crippen LogP contribution in [0.25, 0.3) is 5.57 Å². The van der Waals surface area contributed by atoms with Gasteiger partial charge >= 0.3 is 0 Å². The lowest BCUT2D eigenvalue weighted by atomic mass is 9.54. The summed E-state index contributed by atoms with van der Waals surface area (Å²) < 4.78 is 6.04. The molecule has 170 valence electrons. The van der Waals surface area contributed by atoms with Gasteiger partial charge in [0.15, 0.2) is 5.78 Å². The van der Waals surface area contributed by atoms with Crippen LogP contribution in [0.5, 0.6) is 0 Å². The molecule has 3 nitrogen and oxygen atoms in total. The number of benzene rings is 1. The second-order valence-electron chi connectivity index (χ2n) is 10.8. The highest BCUT2D eigenvalue weighted by Gasteiger charge is 2.63. The van der Waals surface area contributed by atoms with Crippen molar-refractivity contribution >= 4 is 11.4 Å². The van der Waals surface area contributed by atoms with Crippen LogP contribution in [-0.2, 0) is 9.53 Å². The first kappa shape index (κ1) is 21.9. The van der Waals surface area contributed by atoms with E-state index in [2.05, 4.69) is 37.8 Å². The van der Waals surface area contributed by atoms with Gasteiger partial charge in [-0.05, 0) is 92.1 Å². The minimum absolute atomic E-state index is 0.179. The third-order valence-electron chi connectivity index (χ3n) is 9.32. The van der Waals surface area contributed by atoms with Gasteiger partial charge in [0.2, 0.25) is 0 Å². The van der Waals surface area contributed by atoms with E-state index >= 15 is 0 Å². The Hall–Kier alpha value is -1.97. The van der Waals surface area contributed by atoms with Crippen molar-refractivity contribution in [2.75, 3.05) is 7.11 Å². The molecule has 5 rings (SSSR count). The molecule has 0 radical (unpaired) electrons. The number of fused-ring (bicyclic) bond motifs is 4. The molecule has 0 spiro atoms. The van der Waals surface area contributed by atoms with Crippen molar-refractivity contribution in [2.24, 2.45) is 17.3 Å². The number of aliphatic hydroxyl groups is 1. The van der Waals surface area contributed by atoms with Gasteiger partial charge in [0, 0.05) is 18.9 Å². The molecule has 1 N–H and O–H groups in total. The maximum atomic E-state index is 12.3. The van der Waals surface area contributed by atoms with E-state index in [1.807, 2.05) is 13.0 Å². The zero-order valence-corrected chi connectivity index (χ0v) is 19.7. The quantitative estimate of drug-likeness (QED) is 0.603. The number of ketones is 1. The third kappa shape index (κ3) is 3.12. The molecule has 32 heavy (non-hydrogen) atoms. The molecule has 0 aromatic heterocycles. The Kier molecular flexibility index (Phi) is 5.34. The molecular formula is C29H36O3. The Balaban J connectivity index is 1.48. The van der Waals surface area contributed by atoms with E-state index in [1.165, 1.54) is 11.1 Å². The average Bonchev–Trinajstić information content (AvgIpc) is 3.05. The van der Waals surface area contributed by atoms with Crippen LogP contribution in [0, 0.1) is 17.3 Å². The second-order valence-corrected chi connectivity index (χ2v) is 10.8. The van der Waals surface area contributed by atoms with Gasteiger partial charge < -0.3 is 9.84 Å². The fourth-order valence-corrected chi connectivity index (χ4v) is 7.56. The lowest BCUT2D eigenvalue weighted by Crippen LogP contribution is -2.53. The Bertz CT molecular complexity index is 1010. The number of hydrogen-bond acceptors (Lipinski definition) is 3. The summed E-state index contributed by atoms with van der Waals surface area (Å²) in [7, 11) is 1.74. The predicted octanol–water partition coefficient (Wildman–Crippen LogP) is 6.34. The van der Waals surface area contributed by atoms with E-state index in [0.717, 1.165) is 61.6 Å². The molecule has 0 aliphatic heterocycles. The number of allylic oxidation sites excluding steroid dienone is 5. The van der Waals surface area contributed by atoms with Gasteiger partial charge in [-0.1, -0.05) is 48.9 Å². The summed E-state index contributed by atoms with van der Waals surface area (Å²) in [5.74, 6) is 1.29. The summed E-state index contributed by atoms with van der Waals surface area (Å²) >= 11 is 0. The summed E-state index contributed by atoms with van der Waals surface area (Å²) in [6.07, 6.45) is 9.10. The van der Waals surface area contributed by atoms with Crippen LogP contribution in [0.3, 0.4) is 0 Å². The van der Waals surface area contributed by atoms with Gasteiger partial charge in [-0.25, -0.2) is 0 Å². The summed E-state index contributed by atoms with van der Waals surface area (Å²) in [6, 6.07) is 8.37. The van der Waals surface area contributed by atoms with Crippen molar-refractivity contribution in [3.05, 3.63) is 64.8 Å². The summed E-state index contributed by atoms with van der Waals surface area (Å²) in [5.41, 5.74) is 6.53. The third-order valence-corrected chi connectivity index (χ3v) is 9.32. The van der Waals surface area contributed by atoms with E-state index in [4.69, 9.17) is 4.74 Å². The molecule has 0 saturated heterocycles. The fourth-order valence-electron chi connectivity index (χ4n) is 7.56. The Morgan fingerprint density at radius 2 is 1.88 bits per heavy atom. The number of methoxy groups -OCH3 is 1. The van der Waals surface area contributed by atoms with E-state index in [0.29, 0.717) is 24.0 Å². The van der Waals surface area contributed by atoms with E-state index < -0.39 is 5.60 Å². The minimum atomic E-state index is -0.883. The monoisotopic (exact) mass is 432 g/mol. The lowest BCUT2D eigenvalue weighted by Gasteiger charge is -2.53. The predicted molar refractivity (Wildman–Crippen MR) is 128 cm³/mol. The van der Waals surface area contributed by atoms with Crippen molar-refractivity contribution in [1.29, 1.82) is 0 Å². The van der Waals surface area contributed by atoms with Crippen LogP contribution in [-0.4, -0.2) is 23.6 Å². The van der Waals surface area contributed by atoms with Crippen molar-refractivity contribution in [3.63, 3.8) is 0 Å². The molecule has 4 aliphatic rings. The molecule has 0 amide bonds. The van der Waals surface area contributed by atoms with Gasteiger partial charge in [-0.3, -0.25) is 4.79 Å². The van der Waals surface area contributed by atoms with Gasteiger partial charge in [-0.15, -0.1) is 0 Å². The molecule has 0 bridgehead atoms. The Morgan fingerprint density at radius 3 is 2.56 bits per heavy atom. The molecule has 5 atom stereocenters. The average molecular weight is 433 g/mol. The fraction of sp³-hybridized carbons (Fsp3) is 0.552. The van der Waals surface area contributed by atoms with Crippen LogP contribution in [0.1, 0.15) is 82.4 Å². The lowest BCUT2D eigenvalue weighted by molar-refractivity contribution is -0.171. The van der Waals surface area contributed by atoms with Gasteiger partial charge in [0.1, 0.15) is 11.7 Å². The van der Waals surface area contributed by atoms with E-state index in [-0.39, 0.29) is 11.5 Å². The number of rotatable bonds is 4. The van der Waals surface area contributed by atoms with Crippen LogP contribution < -0.4 is 0 Å². The van der Waals surface area contributed by atoms with E-state index in [1.54, 1.807) is 12.7 Å². The zero-order chi connectivity index (χ0) is 22.7. The number of carbonyl (C=O) groups is 1. The maximum absolute atomic E-state index is 12.3. The highest BCUT2D eigenvalue weighted by atomic mass is 16.5. The first-order chi connectivity index (χ1) is 15.3. The molecule has 2 fully saturated rings. The molecule has 2 saturated carbocycles. The molecule has 1 aromatic carbocycles. The number of ether oxygens (including phenoxy) is 1. The second kappa shape index (κ2) is 7.81. The minimum Gasteiger partial charge on any atom is -0.386 e. The van der Waals surface area contributed by atoms with Crippen LogP contribution in [0.2, 0.25) is 0 Å². The van der Waals surface area contributed by atoms with Crippen LogP contribution in [0.4, 0.5) is 0 Å². The highest BCUT2D eigenvalue weighted by molar-refractivity contribution is 5.93. The first-order valence-corrected chi connectivity index (χ1v) is 12.2. The first-order valence-electron chi connectivity index (χ1n) is 12.2. The van der Waals surface area contributed by atoms with Gasteiger partial charge in [-0.2, -0.15) is 0 Å². The van der Waals surface area contributed by atoms with Gasteiger partial charge in [0.25, 0.3) is 0 Å². The Morgan fingerprint density at radius 1 is 1.12 bits per heavy atom. The molecule has 4 aliphatic carbocycles. The summed E-state index contributed by atoms with van der Waals surface area (Å²) in [4.78, 5) is 11.9. The van der Waals surface area contributed by atoms with Crippen molar-refractivity contribution < 1.29 is 14.6 Å². The van der Waals surface area contributed by atoms with E-state index in [9.17, 15) is 9.90 Å². The zero-order valence-electron chi connectivity index (χ0n) is 19.7. The standard InChI is InChI=1S/C29H36O3/c1-18(2)19-5-7-20(8-6-19)27(32-4)29(31)16-14-26-25-11-9-21-17-22(30)10-12-23(21)24(25)13-15-28(26,29)3/h5-8,17,25-27,31H,1,9-16H2,2-4H3/t25-,26+,27+,28+,29+/m1/s1. The molecule has 0 heterocycles. The number of carbonyl (C=O) groups excluding carboxylic acids is 1. The molecule has 1 aromatic rings. The topological polar surface area (TPSA) is 46.5 Å². The summed E-state index contributed by atoms with van der Waals surface area (Å²) in [6.45, 7) is 8.37. The summed E-state index contributed by atoms with van der Waals surface area (Å²) in [5, 5.41) is 12.3. The molecule has 0 unspecified atom stereocenters. The SMILES string of the molecule is C=C(C)c1ccc([C@H](OC)[C@@]2(O)CC[C@H]3[C@@H]4CCC5=CC(=O)CCC5=C4CC[C@@]32C)cc1.